The first-order chi connectivity index (χ1) is 6.58. The Kier molecular flexibility index (Phi) is 1.92. The minimum atomic E-state index is -2.77. The molecule has 2 N–H and O–H groups in total. The Hall–Kier alpha value is -1.57. The predicted molar refractivity (Wildman–Crippen MR) is 46.5 cm³/mol. The number of nitrogens with zero attached hydrogens (tertiary/aromatic N) is 3. The summed E-state index contributed by atoms with van der Waals surface area (Å²) < 4.78 is 25.3. The van der Waals surface area contributed by atoms with E-state index in [2.05, 4.69) is 10.1 Å². The van der Waals surface area contributed by atoms with Crippen LogP contribution in [0.3, 0.4) is 0 Å². The number of fused-ring (bicyclic) bond motifs is 1. The van der Waals surface area contributed by atoms with Crippen molar-refractivity contribution in [1.82, 2.24) is 14.6 Å². The molecule has 0 atom stereocenters. The highest BCUT2D eigenvalue weighted by Gasteiger charge is 2.13. The van der Waals surface area contributed by atoms with E-state index in [0.717, 1.165) is 21.9 Å². The molecule has 0 aliphatic rings. The lowest BCUT2D eigenvalue weighted by Gasteiger charge is -1.96. The van der Waals surface area contributed by atoms with Gasteiger partial charge in [0, 0.05) is 6.07 Å². The summed E-state index contributed by atoms with van der Waals surface area (Å²) in [6, 6.07) is 0.747. The maximum Gasteiger partial charge on any atom is 0.280 e. The van der Waals surface area contributed by atoms with Crippen LogP contribution in [0.4, 0.5) is 13.9 Å². The Morgan fingerprint density at radius 3 is 2.93 bits per heavy atom. The van der Waals surface area contributed by atoms with Crippen molar-refractivity contribution in [3.8, 4) is 0 Å². The summed E-state index contributed by atoms with van der Waals surface area (Å²) in [6.07, 6.45) is -2.77. The molecule has 0 spiro atoms. The number of halogens is 2. The van der Waals surface area contributed by atoms with Crippen molar-refractivity contribution in [2.45, 2.75) is 6.43 Å². The van der Waals surface area contributed by atoms with Crippen LogP contribution in [0.1, 0.15) is 12.1 Å². The molecule has 8 heteroatoms. The fourth-order valence-corrected chi connectivity index (χ4v) is 1.63. The fourth-order valence-electron chi connectivity index (χ4n) is 0.954. The first-order valence-electron chi connectivity index (χ1n) is 3.52. The van der Waals surface area contributed by atoms with Gasteiger partial charge in [-0.2, -0.15) is 4.52 Å². The van der Waals surface area contributed by atoms with Crippen molar-refractivity contribution in [2.75, 3.05) is 5.73 Å². The van der Waals surface area contributed by atoms with E-state index in [-0.39, 0.29) is 10.1 Å². The van der Waals surface area contributed by atoms with Gasteiger partial charge in [-0.25, -0.2) is 13.8 Å². The van der Waals surface area contributed by atoms with E-state index in [0.29, 0.717) is 0 Å². The quantitative estimate of drug-likeness (QED) is 0.763. The van der Waals surface area contributed by atoms with Crippen LogP contribution in [0.15, 0.2) is 10.9 Å². The monoisotopic (exact) mass is 218 g/mol. The van der Waals surface area contributed by atoms with Crippen LogP contribution >= 0.6 is 11.3 Å². The highest BCUT2D eigenvalue weighted by Crippen LogP contribution is 2.18. The van der Waals surface area contributed by atoms with E-state index in [1.807, 2.05) is 0 Å². The average Bonchev–Trinajstić information content (AvgIpc) is 2.45. The molecule has 5 nitrogen and oxygen atoms in total. The third kappa shape index (κ3) is 1.33. The smallest absolute Gasteiger partial charge is 0.280 e. The van der Waals surface area contributed by atoms with E-state index in [1.54, 1.807) is 0 Å². The molecule has 2 aromatic rings. The van der Waals surface area contributed by atoms with E-state index < -0.39 is 17.7 Å². The second kappa shape index (κ2) is 2.98. The summed E-state index contributed by atoms with van der Waals surface area (Å²) in [7, 11) is 0. The highest BCUT2D eigenvalue weighted by molar-refractivity contribution is 7.20. The molecular weight excluding hydrogens is 214 g/mol. The first-order valence-corrected chi connectivity index (χ1v) is 4.34. The van der Waals surface area contributed by atoms with Crippen LogP contribution in [0, 0.1) is 0 Å². The van der Waals surface area contributed by atoms with Gasteiger partial charge in [-0.15, -0.1) is 5.10 Å². The summed E-state index contributed by atoms with van der Waals surface area (Å²) in [5.41, 5.74) is 4.09. The first kappa shape index (κ1) is 9.00. The number of nitrogen functional groups attached to an aromatic ring is 1. The molecule has 14 heavy (non-hydrogen) atoms. The van der Waals surface area contributed by atoms with Gasteiger partial charge in [-0.05, 0) is 0 Å². The van der Waals surface area contributed by atoms with Crippen LogP contribution in [0.2, 0.25) is 0 Å². The highest BCUT2D eigenvalue weighted by atomic mass is 32.1. The van der Waals surface area contributed by atoms with E-state index in [9.17, 15) is 13.6 Å². The SMILES string of the molecule is Nc1nn2c(=O)cc(C(F)F)nc2s1. The minimum absolute atomic E-state index is 0.0744. The molecule has 0 unspecified atom stereocenters. The van der Waals surface area contributed by atoms with Gasteiger partial charge < -0.3 is 5.73 Å². The molecule has 0 amide bonds. The van der Waals surface area contributed by atoms with Gasteiger partial charge in [0.1, 0.15) is 5.69 Å². The van der Waals surface area contributed by atoms with E-state index >= 15 is 0 Å². The molecule has 74 valence electrons. The Balaban J connectivity index is 2.78. The molecule has 2 rings (SSSR count). The van der Waals surface area contributed by atoms with E-state index in [4.69, 9.17) is 5.73 Å². The van der Waals surface area contributed by atoms with Crippen molar-refractivity contribution in [3.63, 3.8) is 0 Å². The van der Waals surface area contributed by atoms with Gasteiger partial charge in [0.25, 0.3) is 12.0 Å². The van der Waals surface area contributed by atoms with Gasteiger partial charge in [-0.1, -0.05) is 11.3 Å². The number of hydrogen-bond donors (Lipinski definition) is 1. The van der Waals surface area contributed by atoms with Crippen molar-refractivity contribution in [3.05, 3.63) is 22.1 Å². The number of rotatable bonds is 1. The molecule has 0 bridgehead atoms. The fraction of sp³-hybridized carbons (Fsp3) is 0.167. The average molecular weight is 218 g/mol. The van der Waals surface area contributed by atoms with Crippen molar-refractivity contribution in [2.24, 2.45) is 0 Å². The van der Waals surface area contributed by atoms with Gasteiger partial charge in [0.05, 0.1) is 0 Å². The lowest BCUT2D eigenvalue weighted by molar-refractivity contribution is 0.146. The van der Waals surface area contributed by atoms with Gasteiger partial charge in [-0.3, -0.25) is 4.79 Å². The molecule has 0 saturated carbocycles. The van der Waals surface area contributed by atoms with Crippen LogP contribution in [-0.2, 0) is 0 Å². The molecule has 0 radical (unpaired) electrons. The molecule has 0 saturated heterocycles. The Bertz CT molecular complexity index is 534. The largest absolute Gasteiger partial charge is 0.374 e. The zero-order valence-corrected chi connectivity index (χ0v) is 7.46. The van der Waals surface area contributed by atoms with Crippen molar-refractivity contribution >= 4 is 21.4 Å². The summed E-state index contributed by atoms with van der Waals surface area (Å²) in [6.45, 7) is 0. The summed E-state index contributed by atoms with van der Waals surface area (Å²) in [4.78, 5) is 14.8. The normalized spacial score (nSPS) is 11.4. The van der Waals surface area contributed by atoms with Crippen molar-refractivity contribution < 1.29 is 8.78 Å². The van der Waals surface area contributed by atoms with Crippen LogP contribution < -0.4 is 11.3 Å². The van der Waals surface area contributed by atoms with Gasteiger partial charge in [0.15, 0.2) is 0 Å². The summed E-state index contributed by atoms with van der Waals surface area (Å²) in [5, 5.41) is 3.72. The standard InChI is InChI=1S/C6H4F2N4OS/c7-4(8)2-1-3(13)12-6(10-2)14-5(9)11-12/h1,4H,(H2,9,11). The second-order valence-corrected chi connectivity index (χ2v) is 3.44. The maximum absolute atomic E-state index is 12.2. The van der Waals surface area contributed by atoms with Gasteiger partial charge >= 0.3 is 0 Å². The molecule has 0 aliphatic carbocycles. The van der Waals surface area contributed by atoms with Crippen LogP contribution in [0.5, 0.6) is 0 Å². The second-order valence-electron chi connectivity index (χ2n) is 2.45. The Morgan fingerprint density at radius 1 is 1.57 bits per heavy atom. The molecule has 2 heterocycles. The zero-order chi connectivity index (χ0) is 10.3. The topological polar surface area (TPSA) is 73.3 Å². The predicted octanol–water partition coefficient (Wildman–Crippen LogP) is 0.671. The van der Waals surface area contributed by atoms with Crippen LogP contribution in [-0.4, -0.2) is 14.6 Å². The summed E-state index contributed by atoms with van der Waals surface area (Å²) in [5.74, 6) is 0. The van der Waals surface area contributed by atoms with E-state index in [1.165, 1.54) is 0 Å². The molecule has 0 aromatic carbocycles. The number of hydrogen-bond acceptors (Lipinski definition) is 5. The number of anilines is 1. The lowest BCUT2D eigenvalue weighted by Crippen LogP contribution is -2.15. The maximum atomic E-state index is 12.2. The lowest BCUT2D eigenvalue weighted by atomic mass is 10.4. The van der Waals surface area contributed by atoms with Crippen LogP contribution in [0.25, 0.3) is 4.96 Å². The summed E-state index contributed by atoms with van der Waals surface area (Å²) >= 11 is 0.883. The zero-order valence-electron chi connectivity index (χ0n) is 6.65. The Morgan fingerprint density at radius 2 is 2.29 bits per heavy atom. The molecular formula is C6H4F2N4OS. The number of nitrogens with two attached hydrogens (primary N) is 1. The molecule has 2 aromatic heterocycles. The van der Waals surface area contributed by atoms with Crippen molar-refractivity contribution in [1.29, 1.82) is 0 Å². The Labute approximate surface area is 79.8 Å². The number of aromatic nitrogens is 3. The van der Waals surface area contributed by atoms with Gasteiger partial charge in [0.2, 0.25) is 10.1 Å². The molecule has 0 aliphatic heterocycles. The third-order valence-electron chi connectivity index (χ3n) is 1.50. The number of alkyl halides is 2. The third-order valence-corrected chi connectivity index (χ3v) is 2.24. The molecule has 0 fully saturated rings. The minimum Gasteiger partial charge on any atom is -0.374 e.